The van der Waals surface area contributed by atoms with E-state index in [4.69, 9.17) is 21.8 Å². The molecule has 2 atom stereocenters. The first kappa shape index (κ1) is 18.2. The largest absolute Gasteiger partial charge is 0.478 e. The molecule has 8 heteroatoms. The average molecular weight is 354 g/mol. The molecular formula is C16H20ClN3O4. The van der Waals surface area contributed by atoms with E-state index in [0.717, 1.165) is 18.0 Å². The van der Waals surface area contributed by atoms with Crippen LogP contribution in [-0.4, -0.2) is 52.8 Å². The summed E-state index contributed by atoms with van der Waals surface area (Å²) in [6, 6.07) is 2.80. The molecule has 3 N–H and O–H groups in total. The molecule has 130 valence electrons. The summed E-state index contributed by atoms with van der Waals surface area (Å²) in [6.07, 6.45) is 4.31. The molecule has 3 heterocycles. The van der Waals surface area contributed by atoms with Crippen LogP contribution in [0.5, 0.6) is 0 Å². The van der Waals surface area contributed by atoms with Crippen LogP contribution < -0.4 is 10.2 Å². The summed E-state index contributed by atoms with van der Waals surface area (Å²) in [4.78, 5) is 25.8. The average Bonchev–Trinajstić information content (AvgIpc) is 2.51. The number of hydrogen-bond donors (Lipinski definition) is 3. The van der Waals surface area contributed by atoms with Gasteiger partial charge in [-0.25, -0.2) is 14.6 Å². The van der Waals surface area contributed by atoms with Gasteiger partial charge in [0.15, 0.2) is 0 Å². The van der Waals surface area contributed by atoms with Gasteiger partial charge in [0.05, 0.1) is 11.9 Å². The second kappa shape index (κ2) is 8.12. The first-order valence-corrected chi connectivity index (χ1v) is 7.99. The minimum atomic E-state index is -1.26. The number of carboxylic acids is 2. The minimum absolute atomic E-state index is 0.558. The molecule has 24 heavy (non-hydrogen) atoms. The van der Waals surface area contributed by atoms with Gasteiger partial charge in [0, 0.05) is 31.3 Å². The minimum Gasteiger partial charge on any atom is -0.478 e. The topological polar surface area (TPSA) is 103 Å². The van der Waals surface area contributed by atoms with Gasteiger partial charge in [0.25, 0.3) is 0 Å². The molecule has 0 bridgehead atoms. The Morgan fingerprint density at radius 1 is 1.38 bits per heavy atom. The summed E-state index contributed by atoms with van der Waals surface area (Å²) < 4.78 is 0. The first-order chi connectivity index (χ1) is 11.4. The Balaban J connectivity index is 0.000000224. The number of pyridine rings is 1. The van der Waals surface area contributed by atoms with Gasteiger partial charge in [-0.05, 0) is 37.4 Å². The van der Waals surface area contributed by atoms with E-state index in [1.807, 2.05) is 13.1 Å². The van der Waals surface area contributed by atoms with Gasteiger partial charge in [-0.1, -0.05) is 11.6 Å². The number of aliphatic carboxylic acids is 2. The first-order valence-electron chi connectivity index (χ1n) is 7.62. The highest BCUT2D eigenvalue weighted by atomic mass is 35.5. The van der Waals surface area contributed by atoms with E-state index < -0.39 is 11.9 Å². The summed E-state index contributed by atoms with van der Waals surface area (Å²) >= 11 is 5.94. The zero-order valence-electron chi connectivity index (χ0n) is 13.3. The summed E-state index contributed by atoms with van der Waals surface area (Å²) in [5.41, 5.74) is 2.28. The molecule has 2 fully saturated rings. The number of aryl methyl sites for hydroxylation is 1. The van der Waals surface area contributed by atoms with E-state index in [-0.39, 0.29) is 0 Å². The van der Waals surface area contributed by atoms with Crippen molar-refractivity contribution >= 4 is 29.2 Å². The maximum atomic E-state index is 9.55. The van der Waals surface area contributed by atoms with Crippen molar-refractivity contribution in [1.82, 2.24) is 10.3 Å². The summed E-state index contributed by atoms with van der Waals surface area (Å²) in [6.45, 7) is 5.46. The monoisotopic (exact) mass is 353 g/mol. The number of aromatic nitrogens is 1. The van der Waals surface area contributed by atoms with Crippen LogP contribution in [0, 0.1) is 12.8 Å². The van der Waals surface area contributed by atoms with E-state index in [2.05, 4.69) is 21.3 Å². The third kappa shape index (κ3) is 4.69. The Morgan fingerprint density at radius 2 is 2.04 bits per heavy atom. The van der Waals surface area contributed by atoms with E-state index in [0.29, 0.717) is 23.3 Å². The van der Waals surface area contributed by atoms with Gasteiger partial charge < -0.3 is 20.4 Å². The molecule has 2 saturated heterocycles. The number of carbonyl (C=O) groups is 2. The lowest BCUT2D eigenvalue weighted by Crippen LogP contribution is -2.63. The summed E-state index contributed by atoms with van der Waals surface area (Å²) in [5.74, 6) is -1.64. The second-order valence-electron chi connectivity index (χ2n) is 5.78. The highest BCUT2D eigenvalue weighted by molar-refractivity contribution is 6.30. The molecule has 0 radical (unpaired) electrons. The van der Waals surface area contributed by atoms with Crippen molar-refractivity contribution in [3.05, 3.63) is 35.1 Å². The highest BCUT2D eigenvalue weighted by Crippen LogP contribution is 2.34. The zero-order chi connectivity index (χ0) is 17.7. The molecule has 7 nitrogen and oxygen atoms in total. The molecule has 0 saturated carbocycles. The third-order valence-electron chi connectivity index (χ3n) is 4.12. The number of rotatable bonds is 3. The maximum Gasteiger partial charge on any atom is 0.328 e. The number of piperidine rings is 1. The van der Waals surface area contributed by atoms with Crippen LogP contribution in [0.4, 0.5) is 5.69 Å². The van der Waals surface area contributed by atoms with Crippen molar-refractivity contribution in [3.8, 4) is 0 Å². The number of anilines is 1. The standard InChI is InChI=1S/C12H16ClN3.C4H4O4/c1-8-4-10(5-15-12(8)13)16-7-9-2-3-14-6-11(9)16;5-3(6)1-2-4(7)8/h4-5,9,11,14H,2-3,6-7H2,1H3;1-2H,(H,5,6)(H,7,8)/t9-,11-;/m1./s1. The van der Waals surface area contributed by atoms with Crippen molar-refractivity contribution in [2.45, 2.75) is 19.4 Å². The van der Waals surface area contributed by atoms with Crippen molar-refractivity contribution in [2.24, 2.45) is 5.92 Å². The maximum absolute atomic E-state index is 9.55. The number of hydrogen-bond acceptors (Lipinski definition) is 5. The van der Waals surface area contributed by atoms with Gasteiger partial charge in [-0.2, -0.15) is 0 Å². The Kier molecular flexibility index (Phi) is 6.16. The second-order valence-corrected chi connectivity index (χ2v) is 6.14. The lowest BCUT2D eigenvalue weighted by atomic mass is 9.83. The lowest BCUT2D eigenvalue weighted by Gasteiger charge is -2.52. The smallest absolute Gasteiger partial charge is 0.328 e. The molecule has 0 unspecified atom stereocenters. The molecule has 0 spiro atoms. The summed E-state index contributed by atoms with van der Waals surface area (Å²) in [5, 5.41) is 19.7. The fourth-order valence-electron chi connectivity index (χ4n) is 2.86. The number of fused-ring (bicyclic) bond motifs is 1. The van der Waals surface area contributed by atoms with E-state index in [1.165, 1.54) is 25.2 Å². The van der Waals surface area contributed by atoms with Crippen molar-refractivity contribution in [1.29, 1.82) is 0 Å². The fraction of sp³-hybridized carbons (Fsp3) is 0.438. The molecule has 0 aromatic carbocycles. The predicted molar refractivity (Wildman–Crippen MR) is 90.5 cm³/mol. The summed E-state index contributed by atoms with van der Waals surface area (Å²) in [7, 11) is 0. The van der Waals surface area contributed by atoms with E-state index >= 15 is 0 Å². The van der Waals surface area contributed by atoms with Crippen LogP contribution >= 0.6 is 11.6 Å². The van der Waals surface area contributed by atoms with Crippen molar-refractivity contribution < 1.29 is 19.8 Å². The van der Waals surface area contributed by atoms with Crippen LogP contribution in [0.3, 0.4) is 0 Å². The molecule has 2 aliphatic heterocycles. The van der Waals surface area contributed by atoms with Crippen molar-refractivity contribution in [3.63, 3.8) is 0 Å². The fourth-order valence-corrected chi connectivity index (χ4v) is 2.97. The van der Waals surface area contributed by atoms with Crippen LogP contribution in [0.1, 0.15) is 12.0 Å². The lowest BCUT2D eigenvalue weighted by molar-refractivity contribution is -0.134. The highest BCUT2D eigenvalue weighted by Gasteiger charge is 2.40. The van der Waals surface area contributed by atoms with E-state index in [1.54, 1.807) is 0 Å². The quantitative estimate of drug-likeness (QED) is 0.559. The Labute approximate surface area is 144 Å². The molecule has 1 aromatic heterocycles. The van der Waals surface area contributed by atoms with Gasteiger partial charge in [-0.3, -0.25) is 0 Å². The van der Waals surface area contributed by atoms with Crippen LogP contribution in [0.15, 0.2) is 24.4 Å². The molecule has 2 aliphatic rings. The predicted octanol–water partition coefficient (Wildman–Crippen LogP) is 1.55. The molecular weight excluding hydrogens is 334 g/mol. The SMILES string of the molecule is Cc1cc(N2C[C@H]3CCNC[C@H]32)cnc1Cl.O=C(O)C=CC(=O)O. The van der Waals surface area contributed by atoms with E-state index in [9.17, 15) is 9.59 Å². The Bertz CT molecular complexity index is 634. The van der Waals surface area contributed by atoms with Crippen molar-refractivity contribution in [2.75, 3.05) is 24.5 Å². The molecule has 3 rings (SSSR count). The number of carboxylic acid groups (broad SMARTS) is 2. The van der Waals surface area contributed by atoms with Crippen LogP contribution in [0.2, 0.25) is 5.15 Å². The Hall–Kier alpha value is -2.12. The van der Waals surface area contributed by atoms with Gasteiger partial charge in [0.2, 0.25) is 0 Å². The number of halogens is 1. The van der Waals surface area contributed by atoms with Crippen LogP contribution in [-0.2, 0) is 9.59 Å². The normalized spacial score (nSPS) is 22.2. The molecule has 1 aromatic rings. The van der Waals surface area contributed by atoms with Gasteiger partial charge >= 0.3 is 11.9 Å². The molecule has 0 amide bonds. The van der Waals surface area contributed by atoms with Gasteiger partial charge in [-0.15, -0.1) is 0 Å². The number of nitrogens with one attached hydrogen (secondary N) is 1. The third-order valence-corrected chi connectivity index (χ3v) is 4.52. The number of nitrogens with zero attached hydrogens (tertiary/aromatic N) is 2. The Morgan fingerprint density at radius 3 is 2.58 bits per heavy atom. The zero-order valence-corrected chi connectivity index (χ0v) is 14.0. The van der Waals surface area contributed by atoms with Gasteiger partial charge in [0.1, 0.15) is 5.15 Å². The molecule has 0 aliphatic carbocycles. The van der Waals surface area contributed by atoms with Crippen LogP contribution in [0.25, 0.3) is 0 Å².